The number of hydrogen-bond donors (Lipinski definition) is 4. The van der Waals surface area contributed by atoms with E-state index in [0.717, 1.165) is 5.56 Å². The fourth-order valence-electron chi connectivity index (χ4n) is 1.83. The molecule has 2 rings (SSSR count). The van der Waals surface area contributed by atoms with Crippen LogP contribution in [0.2, 0.25) is 0 Å². The molecule has 0 aliphatic heterocycles. The molecule has 0 saturated heterocycles. The first-order chi connectivity index (χ1) is 12.0. The summed E-state index contributed by atoms with van der Waals surface area (Å²) in [5, 5.41) is 16.9. The summed E-state index contributed by atoms with van der Waals surface area (Å²) in [6.45, 7) is 0.401. The van der Waals surface area contributed by atoms with Crippen molar-refractivity contribution in [1.29, 1.82) is 0 Å². The van der Waals surface area contributed by atoms with E-state index in [1.54, 1.807) is 24.3 Å². The van der Waals surface area contributed by atoms with Gasteiger partial charge in [-0.1, -0.05) is 24.3 Å². The number of nitro groups is 1. The number of nitrogens with zero attached hydrogens (tertiary/aromatic N) is 1. The van der Waals surface area contributed by atoms with Gasteiger partial charge in [0.1, 0.15) is 11.5 Å². The summed E-state index contributed by atoms with van der Waals surface area (Å²) >= 11 is 10.1. The Hall–Kier alpha value is -2.85. The molecule has 0 heterocycles. The Labute approximate surface area is 153 Å². The van der Waals surface area contributed by atoms with Gasteiger partial charge in [0, 0.05) is 12.6 Å². The van der Waals surface area contributed by atoms with E-state index in [0.29, 0.717) is 6.54 Å². The van der Waals surface area contributed by atoms with Crippen molar-refractivity contribution in [3.63, 3.8) is 0 Å². The fraction of sp³-hybridized carbons (Fsp3) is 0.0667. The first kappa shape index (κ1) is 18.5. The molecule has 0 atom stereocenters. The first-order valence-corrected chi connectivity index (χ1v) is 7.86. The minimum Gasteiger partial charge on any atom is -0.357 e. The zero-order valence-electron chi connectivity index (χ0n) is 12.8. The third-order valence-electron chi connectivity index (χ3n) is 3.00. The van der Waals surface area contributed by atoms with Gasteiger partial charge in [0.15, 0.2) is 10.2 Å². The van der Waals surface area contributed by atoms with Crippen LogP contribution in [0.5, 0.6) is 0 Å². The van der Waals surface area contributed by atoms with Gasteiger partial charge in [0.2, 0.25) is 0 Å². The molecule has 0 aliphatic carbocycles. The highest BCUT2D eigenvalue weighted by Crippen LogP contribution is 2.22. The molecule has 0 aliphatic rings. The van der Waals surface area contributed by atoms with Crippen LogP contribution in [-0.2, 0) is 6.54 Å². The number of anilines is 1. The Balaban J connectivity index is 1.79. The van der Waals surface area contributed by atoms with Gasteiger partial charge in [0.25, 0.3) is 5.69 Å². The highest BCUT2D eigenvalue weighted by atomic mass is 32.1. The van der Waals surface area contributed by atoms with Crippen LogP contribution in [0.15, 0.2) is 48.5 Å². The van der Waals surface area contributed by atoms with Gasteiger partial charge in [-0.15, -0.1) is 0 Å². The van der Waals surface area contributed by atoms with E-state index >= 15 is 0 Å². The molecule has 4 N–H and O–H groups in total. The zero-order valence-corrected chi connectivity index (χ0v) is 14.4. The van der Waals surface area contributed by atoms with Crippen molar-refractivity contribution >= 4 is 46.0 Å². The Morgan fingerprint density at radius 3 is 2.36 bits per heavy atom. The van der Waals surface area contributed by atoms with Gasteiger partial charge in [-0.3, -0.25) is 21.0 Å². The van der Waals surface area contributed by atoms with E-state index in [2.05, 4.69) is 21.5 Å². The molecule has 0 bridgehead atoms. The molecule has 25 heavy (non-hydrogen) atoms. The quantitative estimate of drug-likeness (QED) is 0.366. The van der Waals surface area contributed by atoms with Crippen molar-refractivity contribution in [2.24, 2.45) is 0 Å². The van der Waals surface area contributed by atoms with E-state index in [1.165, 1.54) is 24.3 Å². The summed E-state index contributed by atoms with van der Waals surface area (Å²) in [5.74, 6) is -0.308. The summed E-state index contributed by atoms with van der Waals surface area (Å²) < 4.78 is 12.8. The normalized spacial score (nSPS) is 9.80. The largest absolute Gasteiger partial charge is 0.357 e. The standard InChI is InChI=1S/C15H14FN5O2S2/c16-11-7-5-10(6-8-11)9-17-14(24)19-20-15(25)18-12-3-1-2-4-13(12)21(22)23/h1-8H,9H2,(H2,17,19,24)(H2,18,20,25). The summed E-state index contributed by atoms with van der Waals surface area (Å²) in [4.78, 5) is 10.4. The van der Waals surface area contributed by atoms with Gasteiger partial charge >= 0.3 is 0 Å². The number of para-hydroxylation sites is 2. The van der Waals surface area contributed by atoms with E-state index in [4.69, 9.17) is 24.4 Å². The number of benzene rings is 2. The molecular formula is C15H14FN5O2S2. The summed E-state index contributed by atoms with van der Waals surface area (Å²) in [6, 6.07) is 12.1. The van der Waals surface area contributed by atoms with Crippen molar-refractivity contribution in [2.75, 3.05) is 5.32 Å². The summed E-state index contributed by atoms with van der Waals surface area (Å²) in [6.07, 6.45) is 0. The van der Waals surface area contributed by atoms with Crippen LogP contribution >= 0.6 is 24.4 Å². The van der Waals surface area contributed by atoms with Crippen LogP contribution < -0.4 is 21.5 Å². The third kappa shape index (κ3) is 5.94. The average Bonchev–Trinajstić information content (AvgIpc) is 2.59. The lowest BCUT2D eigenvalue weighted by atomic mass is 10.2. The van der Waals surface area contributed by atoms with Crippen molar-refractivity contribution in [2.45, 2.75) is 6.54 Å². The smallest absolute Gasteiger partial charge is 0.292 e. The Morgan fingerprint density at radius 1 is 1.04 bits per heavy atom. The molecule has 130 valence electrons. The lowest BCUT2D eigenvalue weighted by Gasteiger charge is -2.14. The van der Waals surface area contributed by atoms with Crippen LogP contribution in [0, 0.1) is 15.9 Å². The molecule has 0 radical (unpaired) electrons. The van der Waals surface area contributed by atoms with Gasteiger partial charge in [0.05, 0.1) is 4.92 Å². The molecule has 0 spiro atoms. The van der Waals surface area contributed by atoms with Crippen LogP contribution in [0.4, 0.5) is 15.8 Å². The molecule has 7 nitrogen and oxygen atoms in total. The topological polar surface area (TPSA) is 91.3 Å². The SMILES string of the molecule is O=[N+]([O-])c1ccccc1NC(=S)NNC(=S)NCc1ccc(F)cc1. The van der Waals surface area contributed by atoms with Crippen molar-refractivity contribution in [3.8, 4) is 0 Å². The summed E-state index contributed by atoms with van der Waals surface area (Å²) in [5.41, 5.74) is 6.30. The van der Waals surface area contributed by atoms with Crippen LogP contribution in [0.3, 0.4) is 0 Å². The number of nitro benzene ring substituents is 1. The van der Waals surface area contributed by atoms with Gasteiger partial charge in [-0.2, -0.15) is 0 Å². The lowest BCUT2D eigenvalue weighted by Crippen LogP contribution is -2.48. The second-order valence-electron chi connectivity index (χ2n) is 4.79. The average molecular weight is 379 g/mol. The predicted molar refractivity (Wildman–Crippen MR) is 101 cm³/mol. The maximum Gasteiger partial charge on any atom is 0.292 e. The molecular weight excluding hydrogens is 365 g/mol. The molecule has 0 saturated carbocycles. The first-order valence-electron chi connectivity index (χ1n) is 7.04. The third-order valence-corrected chi connectivity index (χ3v) is 3.46. The maximum absolute atomic E-state index is 12.8. The highest BCUT2D eigenvalue weighted by Gasteiger charge is 2.13. The van der Waals surface area contributed by atoms with Crippen LogP contribution in [-0.4, -0.2) is 15.1 Å². The number of rotatable bonds is 4. The maximum atomic E-state index is 12.8. The second kappa shape index (κ2) is 8.85. The molecule has 0 fully saturated rings. The second-order valence-corrected chi connectivity index (χ2v) is 5.60. The lowest BCUT2D eigenvalue weighted by molar-refractivity contribution is -0.383. The Kier molecular flexibility index (Phi) is 6.54. The van der Waals surface area contributed by atoms with Crippen LogP contribution in [0.25, 0.3) is 0 Å². The minimum atomic E-state index is -0.507. The summed E-state index contributed by atoms with van der Waals surface area (Å²) in [7, 11) is 0. The van der Waals surface area contributed by atoms with Gasteiger partial charge < -0.3 is 10.6 Å². The number of thiocarbonyl (C=S) groups is 2. The number of nitrogens with one attached hydrogen (secondary N) is 4. The molecule has 10 heteroatoms. The fourth-order valence-corrected chi connectivity index (χ4v) is 2.12. The van der Waals surface area contributed by atoms with Crippen molar-refractivity contribution in [3.05, 3.63) is 70.0 Å². The van der Waals surface area contributed by atoms with E-state index < -0.39 is 4.92 Å². The molecule has 0 aromatic heterocycles. The predicted octanol–water partition coefficient (Wildman–Crippen LogP) is 2.60. The minimum absolute atomic E-state index is 0.0938. The molecule has 0 amide bonds. The number of halogens is 1. The van der Waals surface area contributed by atoms with Crippen molar-refractivity contribution < 1.29 is 9.31 Å². The highest BCUT2D eigenvalue weighted by molar-refractivity contribution is 7.80. The van der Waals surface area contributed by atoms with E-state index in [9.17, 15) is 14.5 Å². The van der Waals surface area contributed by atoms with E-state index in [-0.39, 0.29) is 27.4 Å². The Bertz CT molecular complexity index is 786. The van der Waals surface area contributed by atoms with Crippen LogP contribution in [0.1, 0.15) is 5.56 Å². The van der Waals surface area contributed by atoms with Gasteiger partial charge in [-0.25, -0.2) is 4.39 Å². The molecule has 2 aromatic rings. The number of hydrazine groups is 1. The van der Waals surface area contributed by atoms with Crippen molar-refractivity contribution in [1.82, 2.24) is 16.2 Å². The number of hydrogen-bond acceptors (Lipinski definition) is 4. The molecule has 0 unspecified atom stereocenters. The van der Waals surface area contributed by atoms with E-state index in [1.807, 2.05) is 0 Å². The monoisotopic (exact) mass is 379 g/mol. The Morgan fingerprint density at radius 2 is 1.68 bits per heavy atom. The van der Waals surface area contributed by atoms with Gasteiger partial charge in [-0.05, 0) is 48.2 Å². The molecule has 2 aromatic carbocycles. The zero-order chi connectivity index (χ0) is 18.2.